The van der Waals surface area contributed by atoms with Crippen LogP contribution in [0.5, 0.6) is 0 Å². The molecule has 2 amide bonds. The van der Waals surface area contributed by atoms with E-state index < -0.39 is 21.4 Å². The van der Waals surface area contributed by atoms with Crippen molar-refractivity contribution in [3.63, 3.8) is 0 Å². The number of thiazole rings is 1. The molecule has 1 atom stereocenters. The smallest absolute Gasteiger partial charge is 0.325 e. The molecule has 35 heavy (non-hydrogen) atoms. The first-order valence-corrected chi connectivity index (χ1v) is 13.7. The van der Waals surface area contributed by atoms with Gasteiger partial charge in [0.25, 0.3) is 0 Å². The number of carbonyl (C=O) groups is 1. The highest BCUT2D eigenvalue weighted by atomic mass is 32.3. The van der Waals surface area contributed by atoms with E-state index in [4.69, 9.17) is 9.72 Å². The Morgan fingerprint density at radius 2 is 2.06 bits per heavy atom. The van der Waals surface area contributed by atoms with Crippen LogP contribution in [0.4, 0.5) is 21.4 Å². The predicted octanol–water partition coefficient (Wildman–Crippen LogP) is 3.82. The molecular weight excluding hydrogens is 492 g/mol. The Bertz CT molecular complexity index is 1210. The van der Waals surface area contributed by atoms with Crippen molar-refractivity contribution < 1.29 is 18.6 Å². The van der Waals surface area contributed by atoms with Crippen molar-refractivity contribution in [2.45, 2.75) is 31.6 Å². The predicted molar refractivity (Wildman–Crippen MR) is 138 cm³/mol. The maximum Gasteiger partial charge on any atom is 0.325 e. The summed E-state index contributed by atoms with van der Waals surface area (Å²) >= 11 is 1.22. The van der Waals surface area contributed by atoms with E-state index in [0.717, 1.165) is 0 Å². The van der Waals surface area contributed by atoms with Crippen LogP contribution in [0.2, 0.25) is 0 Å². The molecule has 1 aliphatic heterocycles. The molecule has 0 radical (unpaired) electrons. The van der Waals surface area contributed by atoms with Crippen LogP contribution in [0.3, 0.4) is 0 Å². The molecule has 1 fully saturated rings. The molecular formula is C21H30N8O4S2. The zero-order chi connectivity index (χ0) is 25.4. The Balaban J connectivity index is 1.64. The van der Waals surface area contributed by atoms with Crippen LogP contribution in [0.25, 0.3) is 10.7 Å². The van der Waals surface area contributed by atoms with Gasteiger partial charge in [-0.3, -0.25) is 19.1 Å². The van der Waals surface area contributed by atoms with Crippen LogP contribution < -0.4 is 15.5 Å². The van der Waals surface area contributed by atoms with Gasteiger partial charge in [-0.1, -0.05) is 11.3 Å². The minimum absolute atomic E-state index is 0.0966. The lowest BCUT2D eigenvalue weighted by Crippen LogP contribution is -2.44. The van der Waals surface area contributed by atoms with Crippen LogP contribution in [0.15, 0.2) is 24.7 Å². The van der Waals surface area contributed by atoms with Gasteiger partial charge in [-0.2, -0.15) is 15.7 Å². The lowest BCUT2D eigenvalue weighted by molar-refractivity contribution is 0.0985. The minimum atomic E-state index is -2.97. The summed E-state index contributed by atoms with van der Waals surface area (Å²) in [5, 5.41) is 9.79. The molecule has 4 heterocycles. The minimum Gasteiger partial charge on any atom is -0.377 e. The normalized spacial score (nSPS) is 17.3. The number of hydrogen-bond donors (Lipinski definition) is 4. The highest BCUT2D eigenvalue weighted by Crippen LogP contribution is 2.55. The monoisotopic (exact) mass is 522 g/mol. The van der Waals surface area contributed by atoms with Crippen LogP contribution in [0.1, 0.15) is 26.5 Å². The van der Waals surface area contributed by atoms with E-state index >= 15 is 0 Å². The SMILES string of the molecule is C[C@H]1COCCN1c1cc(C(C)(C)S(C)(O)O)nc(-c2cnc(NC(=O)Nc3cnn(C)c3)s2)n1. The number of rotatable bonds is 6. The number of nitrogens with zero attached hydrogens (tertiary/aromatic N) is 6. The number of anilines is 3. The standard InChI is InChI=1S/C21H30N8O4S2/c1-13-12-33-7-6-29(13)17-8-16(21(2,3)35(5,31)32)25-18(26-17)15-10-22-20(34-15)27-19(30)24-14-9-23-28(4)11-14/h8-11,13,31-32H,6-7,12H2,1-5H3,(H2,22,24,27,30)/t13-/m0/s1. The Labute approximate surface area is 209 Å². The summed E-state index contributed by atoms with van der Waals surface area (Å²) in [5.74, 6) is 1.07. The third kappa shape index (κ3) is 5.56. The first-order valence-electron chi connectivity index (χ1n) is 10.9. The number of morpholine rings is 1. The molecule has 0 bridgehead atoms. The van der Waals surface area contributed by atoms with Crippen LogP contribution in [0, 0.1) is 0 Å². The van der Waals surface area contributed by atoms with Gasteiger partial charge < -0.3 is 15.0 Å². The van der Waals surface area contributed by atoms with E-state index in [1.165, 1.54) is 17.6 Å². The number of urea groups is 1. The molecule has 4 N–H and O–H groups in total. The molecule has 4 rings (SSSR count). The van der Waals surface area contributed by atoms with Gasteiger partial charge in [0.05, 0.1) is 52.7 Å². The van der Waals surface area contributed by atoms with Crippen LogP contribution in [-0.2, 0) is 16.5 Å². The second kappa shape index (κ2) is 9.70. The molecule has 1 aliphatic rings. The van der Waals surface area contributed by atoms with Gasteiger partial charge in [-0.25, -0.2) is 19.7 Å². The quantitative estimate of drug-likeness (QED) is 0.379. The lowest BCUT2D eigenvalue weighted by atomic mass is 10.1. The molecule has 12 nitrogen and oxygen atoms in total. The first kappa shape index (κ1) is 25.3. The van der Waals surface area contributed by atoms with Crippen molar-refractivity contribution in [1.29, 1.82) is 0 Å². The van der Waals surface area contributed by atoms with Gasteiger partial charge in [0.1, 0.15) is 5.82 Å². The van der Waals surface area contributed by atoms with Gasteiger partial charge in [0, 0.05) is 32.1 Å². The summed E-state index contributed by atoms with van der Waals surface area (Å²) in [4.78, 5) is 28.8. The fraction of sp³-hybridized carbons (Fsp3) is 0.476. The van der Waals surface area contributed by atoms with Crippen molar-refractivity contribution in [3.8, 4) is 10.7 Å². The molecule has 190 valence electrons. The fourth-order valence-corrected chi connectivity index (χ4v) is 4.69. The number of aromatic nitrogens is 5. The molecule has 0 aliphatic carbocycles. The highest BCUT2D eigenvalue weighted by molar-refractivity contribution is 8.24. The second-order valence-corrected chi connectivity index (χ2v) is 12.6. The third-order valence-electron chi connectivity index (χ3n) is 5.87. The Kier molecular flexibility index (Phi) is 7.02. The van der Waals surface area contributed by atoms with Crippen molar-refractivity contribution in [2.24, 2.45) is 7.05 Å². The average molecular weight is 523 g/mol. The largest absolute Gasteiger partial charge is 0.377 e. The van der Waals surface area contributed by atoms with Crippen molar-refractivity contribution in [2.75, 3.05) is 41.5 Å². The van der Waals surface area contributed by atoms with Crippen molar-refractivity contribution >= 4 is 44.6 Å². The summed E-state index contributed by atoms with van der Waals surface area (Å²) in [5.41, 5.74) is 1.07. The van der Waals surface area contributed by atoms with Gasteiger partial charge >= 0.3 is 6.03 Å². The Morgan fingerprint density at radius 1 is 1.29 bits per heavy atom. The summed E-state index contributed by atoms with van der Waals surface area (Å²) in [7, 11) is -1.21. The zero-order valence-electron chi connectivity index (χ0n) is 20.2. The molecule has 14 heteroatoms. The topological polar surface area (TPSA) is 151 Å². The van der Waals surface area contributed by atoms with E-state index in [0.29, 0.717) is 52.8 Å². The summed E-state index contributed by atoms with van der Waals surface area (Å²) in [6.07, 6.45) is 6.23. The highest BCUT2D eigenvalue weighted by Gasteiger charge is 2.36. The molecule has 0 spiro atoms. The van der Waals surface area contributed by atoms with E-state index in [2.05, 4.69) is 37.5 Å². The molecule has 3 aromatic heterocycles. The van der Waals surface area contributed by atoms with E-state index in [1.807, 2.05) is 6.07 Å². The molecule has 0 saturated carbocycles. The van der Waals surface area contributed by atoms with Gasteiger partial charge in [0.15, 0.2) is 11.0 Å². The Morgan fingerprint density at radius 3 is 2.71 bits per heavy atom. The molecule has 0 aromatic carbocycles. The second-order valence-electron chi connectivity index (χ2n) is 8.91. The van der Waals surface area contributed by atoms with Crippen LogP contribution >= 0.6 is 21.9 Å². The van der Waals surface area contributed by atoms with Gasteiger partial charge in [-0.05, 0) is 20.8 Å². The van der Waals surface area contributed by atoms with Crippen molar-refractivity contribution in [1.82, 2.24) is 24.7 Å². The van der Waals surface area contributed by atoms with Gasteiger partial charge in [-0.15, -0.1) is 0 Å². The molecule has 3 aromatic rings. The number of carbonyl (C=O) groups excluding carboxylic acids is 1. The number of aryl methyl sites for hydroxylation is 1. The maximum absolute atomic E-state index is 12.3. The average Bonchev–Trinajstić information content (AvgIpc) is 3.41. The summed E-state index contributed by atoms with van der Waals surface area (Å²) in [6.45, 7) is 7.36. The number of nitrogens with one attached hydrogen (secondary N) is 2. The molecule has 0 unspecified atom stereocenters. The van der Waals surface area contributed by atoms with E-state index in [1.54, 1.807) is 44.2 Å². The van der Waals surface area contributed by atoms with Crippen molar-refractivity contribution in [3.05, 3.63) is 30.4 Å². The summed E-state index contributed by atoms with van der Waals surface area (Å²) in [6, 6.07) is 1.46. The van der Waals surface area contributed by atoms with Crippen LogP contribution in [-0.4, -0.2) is 71.9 Å². The first-order chi connectivity index (χ1) is 16.4. The summed E-state index contributed by atoms with van der Waals surface area (Å²) < 4.78 is 27.2. The lowest BCUT2D eigenvalue weighted by Gasteiger charge is -2.43. The number of ether oxygens (including phenoxy) is 1. The fourth-order valence-electron chi connectivity index (χ4n) is 3.45. The third-order valence-corrected chi connectivity index (χ3v) is 8.92. The number of hydrogen-bond acceptors (Lipinski definition) is 10. The number of amides is 2. The van der Waals surface area contributed by atoms with E-state index in [-0.39, 0.29) is 6.04 Å². The Hall–Kier alpha value is -2.78. The maximum atomic E-state index is 12.3. The zero-order valence-corrected chi connectivity index (χ0v) is 21.9. The van der Waals surface area contributed by atoms with Gasteiger partial charge in [0.2, 0.25) is 0 Å². The molecule has 1 saturated heterocycles. The van der Waals surface area contributed by atoms with E-state index in [9.17, 15) is 13.9 Å².